The Labute approximate surface area is 85.8 Å². The molecule has 0 amide bonds. The van der Waals surface area contributed by atoms with E-state index in [1.165, 1.54) is 0 Å². The van der Waals surface area contributed by atoms with E-state index < -0.39 is 7.82 Å². The molecule has 0 heterocycles. The summed E-state index contributed by atoms with van der Waals surface area (Å²) in [4.78, 5) is 16.0. The molecule has 5 nitrogen and oxygen atoms in total. The van der Waals surface area contributed by atoms with Crippen molar-refractivity contribution in [2.24, 2.45) is 5.73 Å². The Balaban J connectivity index is -0.0000000817. The van der Waals surface area contributed by atoms with E-state index in [1.54, 1.807) is 0 Å². The van der Waals surface area contributed by atoms with Crippen LogP contribution in [0.15, 0.2) is 0 Å². The van der Waals surface area contributed by atoms with Crippen molar-refractivity contribution in [1.82, 2.24) is 0 Å². The Hall–Kier alpha value is 1.33. The van der Waals surface area contributed by atoms with Gasteiger partial charge in [-0.3, -0.25) is 4.52 Å². The van der Waals surface area contributed by atoms with Crippen LogP contribution < -0.4 is 5.73 Å². The summed E-state index contributed by atoms with van der Waals surface area (Å²) in [5, 5.41) is 0. The summed E-state index contributed by atoms with van der Waals surface area (Å²) >= 11 is 0. The summed E-state index contributed by atoms with van der Waals surface area (Å²) in [6.07, 6.45) is 0. The minimum absolute atomic E-state index is 0. The van der Waals surface area contributed by atoms with Gasteiger partial charge in [-0.2, -0.15) is 0 Å². The van der Waals surface area contributed by atoms with E-state index in [1.807, 2.05) is 0 Å². The molecule has 0 saturated heterocycles. The second-order valence-electron chi connectivity index (χ2n) is 1.11. The minimum Gasteiger partial charge on any atom is -1.00 e. The van der Waals surface area contributed by atoms with E-state index in [4.69, 9.17) is 15.5 Å². The van der Waals surface area contributed by atoms with Crippen LogP contribution in [0.1, 0.15) is 2.85 Å². The van der Waals surface area contributed by atoms with Gasteiger partial charge >= 0.3 is 45.6 Å². The van der Waals surface area contributed by atoms with Gasteiger partial charge in [0.25, 0.3) is 0 Å². The van der Waals surface area contributed by atoms with Crippen LogP contribution in [-0.2, 0) is 9.09 Å². The molecule has 0 aromatic rings. The zero-order valence-corrected chi connectivity index (χ0v) is 7.96. The summed E-state index contributed by atoms with van der Waals surface area (Å²) < 4.78 is 13.7. The number of phosphoric acid groups is 1. The fraction of sp³-hybridized carbons (Fsp3) is 1.00. The first-order valence-electron chi connectivity index (χ1n) is 1.96. The first-order valence-corrected chi connectivity index (χ1v) is 3.49. The first-order chi connectivity index (χ1) is 3.56. The van der Waals surface area contributed by atoms with Gasteiger partial charge in [0.15, 0.2) is 0 Å². The van der Waals surface area contributed by atoms with Crippen molar-refractivity contribution in [2.45, 2.75) is 0 Å². The third-order valence-electron chi connectivity index (χ3n) is 0.377. The molecule has 54 valence electrons. The van der Waals surface area contributed by atoms with Gasteiger partial charge in [0.1, 0.15) is 0 Å². The van der Waals surface area contributed by atoms with Crippen molar-refractivity contribution in [2.75, 3.05) is 13.2 Å². The Kier molecular flexibility index (Phi) is 8.74. The van der Waals surface area contributed by atoms with Gasteiger partial charge in [0.05, 0.1) is 6.61 Å². The Bertz CT molecular complexity index is 110. The number of hydrogen-bond acceptors (Lipinski definition) is 3. The first kappa shape index (κ1) is 13.0. The Morgan fingerprint density at radius 3 is 2.22 bits per heavy atom. The summed E-state index contributed by atoms with van der Waals surface area (Å²) in [5.41, 5.74) is 4.87. The molecular weight excluding hydrogens is 173 g/mol. The molecule has 0 radical (unpaired) electrons. The number of phosphoric ester groups is 1. The van der Waals surface area contributed by atoms with Crippen LogP contribution in [-0.4, -0.2) is 60.7 Å². The van der Waals surface area contributed by atoms with E-state index in [2.05, 4.69) is 4.52 Å². The van der Waals surface area contributed by atoms with E-state index in [9.17, 15) is 4.57 Å². The van der Waals surface area contributed by atoms with Crippen LogP contribution in [0.5, 0.6) is 0 Å². The third kappa shape index (κ3) is 12.5. The van der Waals surface area contributed by atoms with Crippen LogP contribution >= 0.6 is 7.82 Å². The van der Waals surface area contributed by atoms with Gasteiger partial charge in [0, 0.05) is 6.54 Å². The number of nitrogens with two attached hydrogens (primary N) is 1. The third-order valence-corrected chi connectivity index (χ3v) is 0.896. The maximum absolute atomic E-state index is 9.81. The summed E-state index contributed by atoms with van der Waals surface area (Å²) in [6.45, 7) is 0.00931. The molecule has 0 aliphatic carbocycles. The van der Waals surface area contributed by atoms with E-state index in [0.29, 0.717) is 0 Å². The molecule has 4 N–H and O–H groups in total. The van der Waals surface area contributed by atoms with Crippen LogP contribution in [0.25, 0.3) is 0 Å². The second-order valence-corrected chi connectivity index (χ2v) is 2.35. The average Bonchev–Trinajstić information content (AvgIpc) is 1.59. The van der Waals surface area contributed by atoms with Gasteiger partial charge in [-0.05, 0) is 0 Å². The maximum Gasteiger partial charge on any atom is 2.00 e. The summed E-state index contributed by atoms with van der Waals surface area (Å²) in [5.74, 6) is 0. The predicted octanol–water partition coefficient (Wildman–Crippen LogP) is -1.10. The zero-order chi connectivity index (χ0) is 6.62. The van der Waals surface area contributed by atoms with Crippen LogP contribution in [0.2, 0.25) is 0 Å². The fourth-order valence-corrected chi connectivity index (χ4v) is 0.515. The molecule has 0 aliphatic heterocycles. The number of hydrogen-bond donors (Lipinski definition) is 3. The van der Waals surface area contributed by atoms with Crippen LogP contribution in [0, 0.1) is 0 Å². The van der Waals surface area contributed by atoms with E-state index >= 15 is 0 Å². The predicted molar refractivity (Wildman–Crippen MR) is 35.0 cm³/mol. The Morgan fingerprint density at radius 1 is 1.67 bits per heavy atom. The summed E-state index contributed by atoms with van der Waals surface area (Å²) in [7, 11) is -4.26. The maximum atomic E-state index is 9.81. The molecule has 0 atom stereocenters. The van der Waals surface area contributed by atoms with Gasteiger partial charge < -0.3 is 18.4 Å². The molecular formula is C2H10CaNO4P. The smallest absolute Gasteiger partial charge is 1.00 e. The number of rotatable bonds is 3. The van der Waals surface area contributed by atoms with Gasteiger partial charge in [0.2, 0.25) is 0 Å². The zero-order valence-electron chi connectivity index (χ0n) is 6.86. The topological polar surface area (TPSA) is 92.8 Å². The van der Waals surface area contributed by atoms with Crippen molar-refractivity contribution in [1.29, 1.82) is 0 Å². The largest absolute Gasteiger partial charge is 2.00 e. The standard InChI is InChI=1S/C2H8NO4P.Ca.2H/c3-1-2-7-8(4,5)6;;;/h1-3H2,(H2,4,5,6);;;/q;+2;2*-1. The van der Waals surface area contributed by atoms with Crippen molar-refractivity contribution < 1.29 is 21.7 Å². The van der Waals surface area contributed by atoms with Crippen LogP contribution in [0.4, 0.5) is 0 Å². The van der Waals surface area contributed by atoms with Gasteiger partial charge in [-0.25, -0.2) is 4.57 Å². The normalized spacial score (nSPS) is 10.6. The Morgan fingerprint density at radius 2 is 2.11 bits per heavy atom. The molecule has 0 saturated carbocycles. The van der Waals surface area contributed by atoms with E-state index in [0.717, 1.165) is 0 Å². The molecule has 0 spiro atoms. The molecule has 0 aromatic carbocycles. The van der Waals surface area contributed by atoms with Gasteiger partial charge in [-0.1, -0.05) is 0 Å². The van der Waals surface area contributed by atoms with Crippen molar-refractivity contribution in [3.8, 4) is 0 Å². The second kappa shape index (κ2) is 6.07. The SMILES string of the molecule is NCCOP(=O)(O)O.[Ca+2].[H-].[H-]. The fourth-order valence-electron chi connectivity index (χ4n) is 0.172. The molecule has 9 heavy (non-hydrogen) atoms. The van der Waals surface area contributed by atoms with Crippen molar-refractivity contribution in [3.63, 3.8) is 0 Å². The van der Waals surface area contributed by atoms with Crippen molar-refractivity contribution in [3.05, 3.63) is 0 Å². The quantitative estimate of drug-likeness (QED) is 0.381. The molecule has 0 unspecified atom stereocenters. The monoisotopic (exact) mass is 183 g/mol. The molecule has 0 bridgehead atoms. The summed E-state index contributed by atoms with van der Waals surface area (Å²) in [6, 6.07) is 0. The molecule has 0 rings (SSSR count). The molecule has 0 fully saturated rings. The molecule has 0 aromatic heterocycles. The van der Waals surface area contributed by atoms with Crippen LogP contribution in [0.3, 0.4) is 0 Å². The van der Waals surface area contributed by atoms with Crippen molar-refractivity contribution >= 4 is 45.6 Å². The minimum atomic E-state index is -4.26. The van der Waals surface area contributed by atoms with Gasteiger partial charge in [-0.15, -0.1) is 0 Å². The molecule has 7 heteroatoms. The average molecular weight is 183 g/mol. The van der Waals surface area contributed by atoms with E-state index in [-0.39, 0.29) is 53.7 Å². The molecule has 0 aliphatic rings.